The molecule has 6 nitrogen and oxygen atoms in total. The van der Waals surface area contributed by atoms with E-state index in [-0.39, 0.29) is 11.2 Å². The van der Waals surface area contributed by atoms with Crippen LogP contribution in [0, 0.1) is 0 Å². The fourth-order valence-corrected chi connectivity index (χ4v) is 3.43. The third-order valence-electron chi connectivity index (χ3n) is 3.49. The first-order valence-electron chi connectivity index (χ1n) is 7.25. The van der Waals surface area contributed by atoms with Gasteiger partial charge in [-0.15, -0.1) is 0 Å². The summed E-state index contributed by atoms with van der Waals surface area (Å²) in [4.78, 5) is 28.6. The molecule has 124 valence electrons. The monoisotopic (exact) mass is 371 g/mol. The number of halogens is 1. The maximum atomic E-state index is 12.2. The number of carbonyl (C=O) groups is 1. The number of nitrogens with one attached hydrogen (secondary N) is 2. The smallest absolute Gasteiger partial charge is 0.305 e. The maximum Gasteiger partial charge on any atom is 0.305 e. The first-order valence-corrected chi connectivity index (χ1v) is 8.45. The Labute approximate surface area is 150 Å². The summed E-state index contributed by atoms with van der Waals surface area (Å²) in [5, 5.41) is 1.54. The number of hydrazine groups is 1. The Morgan fingerprint density at radius 3 is 2.88 bits per heavy atom. The summed E-state index contributed by atoms with van der Waals surface area (Å²) in [5.74, 6) is -0.652. The summed E-state index contributed by atoms with van der Waals surface area (Å²) in [6, 6.07) is 13.3. The molecule has 0 aliphatic carbocycles. The molecular weight excluding hydrogens is 362 g/mol. The van der Waals surface area contributed by atoms with Crippen LogP contribution in [0.15, 0.2) is 57.7 Å². The first-order chi connectivity index (χ1) is 12.1. The average molecular weight is 372 g/mol. The molecule has 0 spiro atoms. The zero-order valence-electron chi connectivity index (χ0n) is 12.6. The summed E-state index contributed by atoms with van der Waals surface area (Å²) in [5.41, 5.74) is 6.05. The van der Waals surface area contributed by atoms with Crippen LogP contribution in [0.5, 0.6) is 0 Å². The lowest BCUT2D eigenvalue weighted by atomic mass is 10.2. The normalized spacial score (nSPS) is 10.9. The lowest BCUT2D eigenvalue weighted by Crippen LogP contribution is -2.29. The highest BCUT2D eigenvalue weighted by Crippen LogP contribution is 2.27. The van der Waals surface area contributed by atoms with Gasteiger partial charge >= 0.3 is 5.91 Å². The SMILES string of the molecule is O=C(NNc1nc2ccc(Cl)cc2s1)c1cc(=O)c2ccccc2o1. The molecular formula is C17H10ClN3O3S. The predicted molar refractivity (Wildman–Crippen MR) is 98.2 cm³/mol. The van der Waals surface area contributed by atoms with Crippen LogP contribution in [0.4, 0.5) is 5.13 Å². The molecule has 2 aromatic carbocycles. The lowest BCUT2D eigenvalue weighted by Gasteiger charge is -2.05. The number of anilines is 1. The molecule has 0 aliphatic rings. The third kappa shape index (κ3) is 3.07. The van der Waals surface area contributed by atoms with Gasteiger partial charge in [0.15, 0.2) is 11.2 Å². The summed E-state index contributed by atoms with van der Waals surface area (Å²) in [7, 11) is 0. The second-order valence-corrected chi connectivity index (χ2v) is 6.65. The highest BCUT2D eigenvalue weighted by Gasteiger charge is 2.13. The van der Waals surface area contributed by atoms with Crippen molar-refractivity contribution in [2.45, 2.75) is 0 Å². The highest BCUT2D eigenvalue weighted by atomic mass is 35.5. The van der Waals surface area contributed by atoms with Gasteiger partial charge in [0.2, 0.25) is 5.13 Å². The molecule has 2 N–H and O–H groups in total. The largest absolute Gasteiger partial charge is 0.451 e. The van der Waals surface area contributed by atoms with Crippen LogP contribution in [0.25, 0.3) is 21.2 Å². The number of rotatable bonds is 3. The number of aromatic nitrogens is 1. The molecule has 0 atom stereocenters. The molecule has 0 radical (unpaired) electrons. The van der Waals surface area contributed by atoms with Gasteiger partial charge in [-0.1, -0.05) is 35.1 Å². The Hall–Kier alpha value is -2.90. The van der Waals surface area contributed by atoms with E-state index in [9.17, 15) is 9.59 Å². The van der Waals surface area contributed by atoms with Crippen molar-refractivity contribution in [3.05, 3.63) is 69.5 Å². The molecule has 4 rings (SSSR count). The zero-order valence-corrected chi connectivity index (χ0v) is 14.1. The third-order valence-corrected chi connectivity index (χ3v) is 4.66. The van der Waals surface area contributed by atoms with Gasteiger partial charge in [0.25, 0.3) is 0 Å². The van der Waals surface area contributed by atoms with Crippen molar-refractivity contribution in [1.29, 1.82) is 0 Å². The molecule has 4 aromatic rings. The number of carbonyl (C=O) groups excluding carboxylic acids is 1. The van der Waals surface area contributed by atoms with Gasteiger partial charge in [-0.25, -0.2) is 4.98 Å². The van der Waals surface area contributed by atoms with Gasteiger partial charge < -0.3 is 4.42 Å². The Morgan fingerprint density at radius 1 is 1.16 bits per heavy atom. The number of hydrogen-bond acceptors (Lipinski definition) is 6. The highest BCUT2D eigenvalue weighted by molar-refractivity contribution is 7.22. The van der Waals surface area contributed by atoms with Crippen molar-refractivity contribution < 1.29 is 9.21 Å². The van der Waals surface area contributed by atoms with E-state index in [4.69, 9.17) is 16.0 Å². The van der Waals surface area contributed by atoms with E-state index >= 15 is 0 Å². The van der Waals surface area contributed by atoms with Crippen molar-refractivity contribution in [3.8, 4) is 0 Å². The van der Waals surface area contributed by atoms with Gasteiger partial charge in [-0.3, -0.25) is 20.4 Å². The van der Waals surface area contributed by atoms with Gasteiger partial charge in [-0.05, 0) is 30.3 Å². The van der Waals surface area contributed by atoms with Crippen LogP contribution in [-0.2, 0) is 0 Å². The Balaban J connectivity index is 1.56. The van der Waals surface area contributed by atoms with Crippen LogP contribution >= 0.6 is 22.9 Å². The summed E-state index contributed by atoms with van der Waals surface area (Å²) in [6.07, 6.45) is 0. The van der Waals surface area contributed by atoms with Crippen LogP contribution in [0.3, 0.4) is 0 Å². The predicted octanol–water partition coefficient (Wildman–Crippen LogP) is 3.81. The number of hydrogen-bond donors (Lipinski definition) is 2. The fourth-order valence-electron chi connectivity index (χ4n) is 2.34. The summed E-state index contributed by atoms with van der Waals surface area (Å²) in [6.45, 7) is 0. The van der Waals surface area contributed by atoms with E-state index in [2.05, 4.69) is 15.8 Å². The summed E-state index contributed by atoms with van der Waals surface area (Å²) < 4.78 is 6.37. The molecule has 1 amide bonds. The van der Waals surface area contributed by atoms with E-state index in [1.54, 1.807) is 42.5 Å². The van der Waals surface area contributed by atoms with Crippen molar-refractivity contribution >= 4 is 55.2 Å². The van der Waals surface area contributed by atoms with Gasteiger partial charge in [0.05, 0.1) is 15.6 Å². The van der Waals surface area contributed by atoms with Crippen LogP contribution in [0.2, 0.25) is 5.02 Å². The standard InChI is InChI=1S/C17H10ClN3O3S/c18-9-5-6-11-15(7-9)25-17(19-11)21-20-16(23)14-8-12(22)10-3-1-2-4-13(10)24-14/h1-8H,(H,19,21)(H,20,23). The summed E-state index contributed by atoms with van der Waals surface area (Å²) >= 11 is 7.29. The molecule has 0 bridgehead atoms. The van der Waals surface area contributed by atoms with Gasteiger partial charge in [0, 0.05) is 11.1 Å². The van der Waals surface area contributed by atoms with Crippen LogP contribution in [-0.4, -0.2) is 10.9 Å². The number of nitrogens with zero attached hydrogens (tertiary/aromatic N) is 1. The van der Waals surface area contributed by atoms with E-state index < -0.39 is 5.91 Å². The first kappa shape index (κ1) is 15.6. The van der Waals surface area contributed by atoms with Crippen molar-refractivity contribution in [3.63, 3.8) is 0 Å². The van der Waals surface area contributed by atoms with Crippen LogP contribution in [0.1, 0.15) is 10.6 Å². The minimum atomic E-state index is -0.569. The van der Waals surface area contributed by atoms with E-state index in [1.807, 2.05) is 0 Å². The minimum Gasteiger partial charge on any atom is -0.451 e. The van der Waals surface area contributed by atoms with Crippen molar-refractivity contribution in [2.24, 2.45) is 0 Å². The van der Waals surface area contributed by atoms with Gasteiger partial charge in [0.1, 0.15) is 5.58 Å². The number of amides is 1. The quantitative estimate of drug-likeness (QED) is 0.535. The number of para-hydroxylation sites is 1. The molecule has 0 unspecified atom stereocenters. The van der Waals surface area contributed by atoms with E-state index in [0.717, 1.165) is 16.3 Å². The lowest BCUT2D eigenvalue weighted by molar-refractivity contribution is 0.0936. The Morgan fingerprint density at radius 2 is 2.00 bits per heavy atom. The number of fused-ring (bicyclic) bond motifs is 2. The van der Waals surface area contributed by atoms with Crippen LogP contribution < -0.4 is 16.3 Å². The molecule has 2 heterocycles. The Kier molecular flexibility index (Phi) is 3.87. The molecule has 0 saturated carbocycles. The molecule has 0 fully saturated rings. The minimum absolute atomic E-state index is 0.0830. The van der Waals surface area contributed by atoms with E-state index in [1.165, 1.54) is 11.3 Å². The molecule has 25 heavy (non-hydrogen) atoms. The molecule has 0 saturated heterocycles. The topological polar surface area (TPSA) is 84.2 Å². The fraction of sp³-hybridized carbons (Fsp3) is 0. The maximum absolute atomic E-state index is 12.2. The molecule has 2 aromatic heterocycles. The number of thiazole rings is 1. The van der Waals surface area contributed by atoms with Crippen molar-refractivity contribution in [1.82, 2.24) is 10.4 Å². The second kappa shape index (κ2) is 6.19. The number of benzene rings is 2. The molecule has 8 heteroatoms. The van der Waals surface area contributed by atoms with Gasteiger partial charge in [-0.2, -0.15) is 0 Å². The van der Waals surface area contributed by atoms with Crippen molar-refractivity contribution in [2.75, 3.05) is 5.43 Å². The zero-order chi connectivity index (χ0) is 17.4. The average Bonchev–Trinajstić information content (AvgIpc) is 3.01. The van der Waals surface area contributed by atoms with E-state index in [0.29, 0.717) is 21.1 Å². The molecule has 0 aliphatic heterocycles. The second-order valence-electron chi connectivity index (χ2n) is 5.18. The Bertz CT molecular complexity index is 1170.